The molecule has 0 atom stereocenters. The highest BCUT2D eigenvalue weighted by molar-refractivity contribution is 6.31. The fourth-order valence-corrected chi connectivity index (χ4v) is 3.25. The topological polar surface area (TPSA) is 83.1 Å². The molecule has 0 spiro atoms. The van der Waals surface area contributed by atoms with E-state index in [2.05, 4.69) is 38.1 Å². The highest BCUT2D eigenvalue weighted by Gasteiger charge is 2.14. The summed E-state index contributed by atoms with van der Waals surface area (Å²) < 4.78 is 11.1. The SMILES string of the molecule is COc1ccc(Cl)cc1/C(N)=N/OC(=O)c1cccc(COc2ccc(C(C)(C)C)cc2)c1. The first kappa shape index (κ1) is 24.1. The number of nitrogens with two attached hydrogens (primary N) is 1. The molecule has 0 saturated heterocycles. The zero-order chi connectivity index (χ0) is 24.0. The van der Waals surface area contributed by atoms with Gasteiger partial charge in [0.25, 0.3) is 0 Å². The maximum absolute atomic E-state index is 12.5. The van der Waals surface area contributed by atoms with Crippen molar-refractivity contribution in [3.05, 3.63) is 94.0 Å². The van der Waals surface area contributed by atoms with Gasteiger partial charge in [-0.25, -0.2) is 4.79 Å². The minimum absolute atomic E-state index is 0.0270. The number of benzene rings is 3. The van der Waals surface area contributed by atoms with Gasteiger partial charge in [-0.2, -0.15) is 0 Å². The van der Waals surface area contributed by atoms with E-state index >= 15 is 0 Å². The first-order chi connectivity index (χ1) is 15.7. The average Bonchev–Trinajstić information content (AvgIpc) is 2.80. The van der Waals surface area contributed by atoms with Gasteiger partial charge in [0, 0.05) is 5.02 Å². The molecular weight excluding hydrogens is 440 g/mol. The second-order valence-electron chi connectivity index (χ2n) is 8.46. The van der Waals surface area contributed by atoms with Gasteiger partial charge in [-0.05, 0) is 59.0 Å². The van der Waals surface area contributed by atoms with Crippen molar-refractivity contribution in [3.8, 4) is 11.5 Å². The fraction of sp³-hybridized carbons (Fsp3) is 0.231. The highest BCUT2D eigenvalue weighted by atomic mass is 35.5. The number of amidine groups is 1. The molecule has 0 heterocycles. The van der Waals surface area contributed by atoms with E-state index in [1.165, 1.54) is 12.7 Å². The van der Waals surface area contributed by atoms with E-state index in [1.54, 1.807) is 36.4 Å². The summed E-state index contributed by atoms with van der Waals surface area (Å²) >= 11 is 6.01. The van der Waals surface area contributed by atoms with Crippen molar-refractivity contribution in [2.45, 2.75) is 32.8 Å². The van der Waals surface area contributed by atoms with Crippen LogP contribution in [0.4, 0.5) is 0 Å². The standard InChI is InChI=1S/C26H27ClN2O4/c1-26(2,3)19-8-11-21(12-9-19)32-16-17-6-5-7-18(14-17)25(30)33-29-24(28)22-15-20(27)10-13-23(22)31-4/h5-15H,16H2,1-4H3,(H2,28,29). The normalized spacial score (nSPS) is 11.7. The minimum Gasteiger partial charge on any atom is -0.496 e. The van der Waals surface area contributed by atoms with Crippen LogP contribution in [-0.4, -0.2) is 18.9 Å². The predicted molar refractivity (Wildman–Crippen MR) is 130 cm³/mol. The Morgan fingerprint density at radius 2 is 1.76 bits per heavy atom. The van der Waals surface area contributed by atoms with E-state index in [0.29, 0.717) is 28.5 Å². The Labute approximate surface area is 198 Å². The predicted octanol–water partition coefficient (Wildman–Crippen LogP) is 5.70. The molecule has 0 bridgehead atoms. The first-order valence-corrected chi connectivity index (χ1v) is 10.8. The maximum atomic E-state index is 12.5. The highest BCUT2D eigenvalue weighted by Crippen LogP contribution is 2.25. The van der Waals surface area contributed by atoms with Gasteiger partial charge in [0.2, 0.25) is 0 Å². The van der Waals surface area contributed by atoms with E-state index in [1.807, 2.05) is 18.2 Å². The lowest BCUT2D eigenvalue weighted by atomic mass is 9.87. The van der Waals surface area contributed by atoms with Crippen molar-refractivity contribution < 1.29 is 19.1 Å². The van der Waals surface area contributed by atoms with E-state index < -0.39 is 5.97 Å². The summed E-state index contributed by atoms with van der Waals surface area (Å²) in [4.78, 5) is 17.5. The Balaban J connectivity index is 1.65. The van der Waals surface area contributed by atoms with Gasteiger partial charge >= 0.3 is 5.97 Å². The van der Waals surface area contributed by atoms with Crippen LogP contribution < -0.4 is 15.2 Å². The van der Waals surface area contributed by atoms with Gasteiger partial charge in [-0.15, -0.1) is 0 Å². The van der Waals surface area contributed by atoms with Crippen LogP contribution in [0.15, 0.2) is 71.9 Å². The Bertz CT molecular complexity index is 1150. The van der Waals surface area contributed by atoms with Crippen LogP contribution in [0.5, 0.6) is 11.5 Å². The Hall–Kier alpha value is -3.51. The molecule has 0 radical (unpaired) electrons. The molecule has 3 aromatic rings. The molecule has 0 amide bonds. The molecule has 2 N–H and O–H groups in total. The third-order valence-corrected chi connectivity index (χ3v) is 5.19. The van der Waals surface area contributed by atoms with Gasteiger partial charge in [0.15, 0.2) is 5.84 Å². The van der Waals surface area contributed by atoms with Crippen LogP contribution in [0.1, 0.15) is 47.8 Å². The Morgan fingerprint density at radius 3 is 2.42 bits per heavy atom. The smallest absolute Gasteiger partial charge is 0.365 e. The number of methoxy groups -OCH3 is 1. The molecule has 0 aliphatic heterocycles. The Kier molecular flexibility index (Phi) is 7.61. The molecule has 3 aromatic carbocycles. The summed E-state index contributed by atoms with van der Waals surface area (Å²) in [5.41, 5.74) is 8.84. The molecule has 0 aliphatic rings. The number of carbonyl (C=O) groups excluding carboxylic acids is 1. The summed E-state index contributed by atoms with van der Waals surface area (Å²) in [6.07, 6.45) is 0. The lowest BCUT2D eigenvalue weighted by Crippen LogP contribution is -2.16. The van der Waals surface area contributed by atoms with Crippen LogP contribution in [0.25, 0.3) is 0 Å². The number of hydrogen-bond acceptors (Lipinski definition) is 5. The number of ether oxygens (including phenoxy) is 2. The zero-order valence-corrected chi connectivity index (χ0v) is 19.8. The van der Waals surface area contributed by atoms with Crippen molar-refractivity contribution in [1.29, 1.82) is 0 Å². The van der Waals surface area contributed by atoms with E-state index in [4.69, 9.17) is 31.6 Å². The van der Waals surface area contributed by atoms with Gasteiger partial charge in [0.05, 0.1) is 18.2 Å². The number of hydrogen-bond donors (Lipinski definition) is 1. The molecule has 0 fully saturated rings. The molecule has 6 nitrogen and oxygen atoms in total. The molecule has 3 rings (SSSR count). The molecular formula is C26H27ClN2O4. The summed E-state index contributed by atoms with van der Waals surface area (Å²) in [7, 11) is 1.50. The van der Waals surface area contributed by atoms with E-state index in [-0.39, 0.29) is 11.3 Å². The molecule has 7 heteroatoms. The summed E-state index contributed by atoms with van der Waals surface area (Å²) in [6.45, 7) is 6.80. The number of carbonyl (C=O) groups is 1. The van der Waals surface area contributed by atoms with Crippen molar-refractivity contribution in [3.63, 3.8) is 0 Å². The fourth-order valence-electron chi connectivity index (χ4n) is 3.08. The number of halogens is 1. The van der Waals surface area contributed by atoms with Crippen molar-refractivity contribution in [2.24, 2.45) is 10.9 Å². The molecule has 0 saturated carbocycles. The summed E-state index contributed by atoms with van der Waals surface area (Å²) in [6, 6.07) is 19.9. The van der Waals surface area contributed by atoms with Gasteiger partial charge in [-0.3, -0.25) is 0 Å². The molecule has 0 unspecified atom stereocenters. The van der Waals surface area contributed by atoms with Crippen LogP contribution in [0, 0.1) is 0 Å². The zero-order valence-electron chi connectivity index (χ0n) is 19.1. The molecule has 172 valence electrons. The average molecular weight is 467 g/mol. The number of rotatable bonds is 7. The molecule has 0 aliphatic carbocycles. The molecule has 0 aromatic heterocycles. The lowest BCUT2D eigenvalue weighted by Gasteiger charge is -2.19. The third kappa shape index (κ3) is 6.49. The van der Waals surface area contributed by atoms with Crippen molar-refractivity contribution in [1.82, 2.24) is 0 Å². The van der Waals surface area contributed by atoms with Gasteiger partial charge < -0.3 is 20.0 Å². The van der Waals surface area contributed by atoms with Crippen molar-refractivity contribution in [2.75, 3.05) is 7.11 Å². The van der Waals surface area contributed by atoms with E-state index in [9.17, 15) is 4.79 Å². The minimum atomic E-state index is -0.643. The summed E-state index contributed by atoms with van der Waals surface area (Å²) in [5, 5.41) is 4.20. The van der Waals surface area contributed by atoms with Gasteiger partial charge in [0.1, 0.15) is 18.1 Å². The van der Waals surface area contributed by atoms with Crippen LogP contribution in [0.3, 0.4) is 0 Å². The monoisotopic (exact) mass is 466 g/mol. The number of nitrogens with zero attached hydrogens (tertiary/aromatic N) is 1. The summed E-state index contributed by atoms with van der Waals surface area (Å²) in [5.74, 6) is 0.548. The van der Waals surface area contributed by atoms with Crippen molar-refractivity contribution >= 4 is 23.4 Å². The Morgan fingerprint density at radius 1 is 1.03 bits per heavy atom. The van der Waals surface area contributed by atoms with Crippen LogP contribution >= 0.6 is 11.6 Å². The quantitative estimate of drug-likeness (QED) is 0.209. The number of oxime groups is 1. The maximum Gasteiger partial charge on any atom is 0.365 e. The van der Waals surface area contributed by atoms with E-state index in [0.717, 1.165) is 11.3 Å². The second-order valence-corrected chi connectivity index (χ2v) is 8.90. The first-order valence-electron chi connectivity index (χ1n) is 10.4. The van der Waals surface area contributed by atoms with Gasteiger partial charge in [-0.1, -0.05) is 61.8 Å². The van der Waals surface area contributed by atoms with Crippen LogP contribution in [-0.2, 0) is 16.9 Å². The third-order valence-electron chi connectivity index (χ3n) is 4.95. The van der Waals surface area contributed by atoms with Crippen LogP contribution in [0.2, 0.25) is 5.02 Å². The largest absolute Gasteiger partial charge is 0.496 e. The molecule has 33 heavy (non-hydrogen) atoms. The second kappa shape index (κ2) is 10.4. The lowest BCUT2D eigenvalue weighted by molar-refractivity contribution is 0.0515.